The highest BCUT2D eigenvalue weighted by atomic mass is 35.5. The molecule has 5 heteroatoms. The van der Waals surface area contributed by atoms with Crippen LogP contribution in [-0.2, 0) is 4.79 Å². The van der Waals surface area contributed by atoms with Crippen LogP contribution in [0.3, 0.4) is 0 Å². The zero-order valence-corrected chi connectivity index (χ0v) is 17.5. The van der Waals surface area contributed by atoms with Gasteiger partial charge in [0.25, 0.3) is 5.91 Å². The quantitative estimate of drug-likeness (QED) is 0.702. The van der Waals surface area contributed by atoms with Gasteiger partial charge < -0.3 is 15.1 Å². The van der Waals surface area contributed by atoms with Gasteiger partial charge in [0.15, 0.2) is 6.54 Å². The van der Waals surface area contributed by atoms with E-state index in [0.29, 0.717) is 6.54 Å². The summed E-state index contributed by atoms with van der Waals surface area (Å²) in [7, 11) is 0. The molecule has 4 rings (SSSR count). The number of benzene rings is 3. The first-order valence-corrected chi connectivity index (χ1v) is 10.6. The van der Waals surface area contributed by atoms with E-state index >= 15 is 0 Å². The van der Waals surface area contributed by atoms with Gasteiger partial charge in [0.1, 0.15) is 6.04 Å². The molecule has 0 saturated carbocycles. The van der Waals surface area contributed by atoms with Crippen molar-refractivity contribution in [2.45, 2.75) is 13.0 Å². The summed E-state index contributed by atoms with van der Waals surface area (Å²) in [5, 5.41) is 5.42. The van der Waals surface area contributed by atoms with Crippen molar-refractivity contribution >= 4 is 34.0 Å². The molecule has 0 bridgehead atoms. The van der Waals surface area contributed by atoms with E-state index in [1.165, 1.54) is 16.3 Å². The van der Waals surface area contributed by atoms with Crippen molar-refractivity contribution < 1.29 is 10.1 Å². The average Bonchev–Trinajstić information content (AvgIpc) is 2.77. The van der Waals surface area contributed by atoms with Crippen LogP contribution < -0.4 is 10.2 Å². The zero-order valence-electron chi connectivity index (χ0n) is 16.7. The van der Waals surface area contributed by atoms with E-state index in [-0.39, 0.29) is 11.9 Å². The highest BCUT2D eigenvalue weighted by Crippen LogP contribution is 2.26. The number of fused-ring (bicyclic) bond motifs is 1. The molecule has 3 aromatic carbocycles. The lowest BCUT2D eigenvalue weighted by Crippen LogP contribution is -2.87. The molecule has 1 aliphatic heterocycles. The number of hydrogen-bond donors (Lipinski definition) is 1. The monoisotopic (exact) mass is 408 g/mol. The van der Waals surface area contributed by atoms with Crippen molar-refractivity contribution in [3.63, 3.8) is 0 Å². The maximum absolute atomic E-state index is 12.8. The van der Waals surface area contributed by atoms with Crippen molar-refractivity contribution in [3.05, 3.63) is 77.3 Å². The summed E-state index contributed by atoms with van der Waals surface area (Å²) in [4.78, 5) is 17.0. The molecular weight excluding hydrogens is 382 g/mol. The molecule has 0 radical (unpaired) electrons. The highest BCUT2D eigenvalue weighted by Gasteiger charge is 2.24. The Morgan fingerprint density at radius 3 is 2.45 bits per heavy atom. The first-order chi connectivity index (χ1) is 14.1. The molecular formula is C24H27ClN3O+. The molecule has 0 spiro atoms. The van der Waals surface area contributed by atoms with Crippen LogP contribution >= 0.6 is 11.6 Å². The van der Waals surface area contributed by atoms with E-state index in [0.717, 1.165) is 36.9 Å². The lowest BCUT2D eigenvalue weighted by Gasteiger charge is -2.36. The Morgan fingerprint density at radius 1 is 0.966 bits per heavy atom. The second kappa shape index (κ2) is 8.85. The number of nitrogens with two attached hydrogens (primary N) is 1. The number of carbonyl (C=O) groups excluding carboxylic acids is 1. The molecule has 0 unspecified atom stereocenters. The molecule has 3 aromatic rings. The number of amides is 1. The van der Waals surface area contributed by atoms with Crippen molar-refractivity contribution in [2.24, 2.45) is 0 Å². The number of halogens is 1. The SMILES string of the molecule is C[C@H]([NH2+]CC(=O)N1CCN(c2ccccc2Cl)CC1)c1cccc2ccccc12. The number of carbonyl (C=O) groups is 1. The molecule has 29 heavy (non-hydrogen) atoms. The molecule has 0 aromatic heterocycles. The summed E-state index contributed by atoms with van der Waals surface area (Å²) in [5.41, 5.74) is 2.33. The van der Waals surface area contributed by atoms with Crippen molar-refractivity contribution in [2.75, 3.05) is 37.6 Å². The van der Waals surface area contributed by atoms with Crippen LogP contribution in [0.5, 0.6) is 0 Å². The van der Waals surface area contributed by atoms with Crippen LogP contribution in [0, 0.1) is 0 Å². The average molecular weight is 409 g/mol. The first kappa shape index (κ1) is 19.7. The van der Waals surface area contributed by atoms with Gasteiger partial charge in [-0.3, -0.25) is 4.79 Å². The molecule has 0 aliphatic carbocycles. The molecule has 150 valence electrons. The number of quaternary nitrogens is 1. The zero-order chi connectivity index (χ0) is 20.2. The van der Waals surface area contributed by atoms with E-state index in [4.69, 9.17) is 11.6 Å². The van der Waals surface area contributed by atoms with Gasteiger partial charge in [0.2, 0.25) is 0 Å². The molecule has 1 saturated heterocycles. The minimum atomic E-state index is 0.205. The first-order valence-electron chi connectivity index (χ1n) is 10.2. The van der Waals surface area contributed by atoms with Gasteiger partial charge in [0.05, 0.1) is 10.7 Å². The van der Waals surface area contributed by atoms with E-state index in [9.17, 15) is 4.79 Å². The van der Waals surface area contributed by atoms with Crippen LogP contribution in [0.2, 0.25) is 5.02 Å². The predicted octanol–water partition coefficient (Wildman–Crippen LogP) is 3.47. The van der Waals surface area contributed by atoms with Crippen LogP contribution in [0.25, 0.3) is 10.8 Å². The van der Waals surface area contributed by atoms with Crippen LogP contribution in [-0.4, -0.2) is 43.5 Å². The van der Waals surface area contributed by atoms with Crippen molar-refractivity contribution in [1.82, 2.24) is 4.90 Å². The number of piperazine rings is 1. The summed E-state index contributed by atoms with van der Waals surface area (Å²) in [6, 6.07) is 22.9. The fraction of sp³-hybridized carbons (Fsp3) is 0.292. The van der Waals surface area contributed by atoms with Crippen LogP contribution in [0.4, 0.5) is 5.69 Å². The fourth-order valence-electron chi connectivity index (χ4n) is 4.09. The van der Waals surface area contributed by atoms with Gasteiger partial charge in [-0.05, 0) is 29.8 Å². The molecule has 1 amide bonds. The lowest BCUT2D eigenvalue weighted by atomic mass is 10.00. The van der Waals surface area contributed by atoms with E-state index in [1.54, 1.807) is 0 Å². The standard InChI is InChI=1S/C24H26ClN3O/c1-18(20-10-6-8-19-7-2-3-9-21(19)20)26-17-24(29)28-15-13-27(14-16-28)23-12-5-4-11-22(23)25/h2-12,18,26H,13-17H2,1H3/p+1/t18-/m0/s1. The summed E-state index contributed by atoms with van der Waals surface area (Å²) in [6.07, 6.45) is 0. The Balaban J connectivity index is 1.33. The van der Waals surface area contributed by atoms with E-state index in [2.05, 4.69) is 59.6 Å². The Bertz CT molecular complexity index is 993. The van der Waals surface area contributed by atoms with Gasteiger partial charge in [0, 0.05) is 31.7 Å². The second-order valence-corrected chi connectivity index (χ2v) is 8.02. The number of anilines is 1. The summed E-state index contributed by atoms with van der Waals surface area (Å²) >= 11 is 6.31. The smallest absolute Gasteiger partial charge is 0.277 e. The van der Waals surface area contributed by atoms with E-state index < -0.39 is 0 Å². The number of para-hydroxylation sites is 1. The maximum atomic E-state index is 12.8. The normalized spacial score (nSPS) is 15.5. The second-order valence-electron chi connectivity index (χ2n) is 7.62. The third-order valence-corrected chi connectivity index (χ3v) is 6.11. The van der Waals surface area contributed by atoms with Crippen LogP contribution in [0.1, 0.15) is 18.5 Å². The maximum Gasteiger partial charge on any atom is 0.277 e. The van der Waals surface area contributed by atoms with Gasteiger partial charge in [-0.15, -0.1) is 0 Å². The summed E-state index contributed by atoms with van der Waals surface area (Å²) < 4.78 is 0. The summed E-state index contributed by atoms with van der Waals surface area (Å²) in [6.45, 7) is 5.74. The summed E-state index contributed by atoms with van der Waals surface area (Å²) in [5.74, 6) is 0.205. The Labute approximate surface area is 177 Å². The number of nitrogens with zero attached hydrogens (tertiary/aromatic N) is 2. The van der Waals surface area contributed by atoms with Crippen LogP contribution in [0.15, 0.2) is 66.7 Å². The third kappa shape index (κ3) is 4.39. The van der Waals surface area contributed by atoms with Crippen molar-refractivity contribution in [1.29, 1.82) is 0 Å². The number of rotatable bonds is 5. The highest BCUT2D eigenvalue weighted by molar-refractivity contribution is 6.33. The molecule has 1 aliphatic rings. The van der Waals surface area contributed by atoms with Gasteiger partial charge >= 0.3 is 0 Å². The fourth-order valence-corrected chi connectivity index (χ4v) is 4.34. The Morgan fingerprint density at radius 2 is 1.66 bits per heavy atom. The van der Waals surface area contributed by atoms with Gasteiger partial charge in [-0.1, -0.05) is 66.2 Å². The molecule has 1 atom stereocenters. The Kier molecular flexibility index (Phi) is 6.02. The largest absolute Gasteiger partial charge is 0.367 e. The molecule has 4 nitrogen and oxygen atoms in total. The van der Waals surface area contributed by atoms with E-state index in [1.807, 2.05) is 29.2 Å². The van der Waals surface area contributed by atoms with Gasteiger partial charge in [-0.2, -0.15) is 0 Å². The molecule has 1 heterocycles. The topological polar surface area (TPSA) is 40.2 Å². The third-order valence-electron chi connectivity index (χ3n) is 5.79. The molecule has 2 N–H and O–H groups in total. The van der Waals surface area contributed by atoms with Crippen molar-refractivity contribution in [3.8, 4) is 0 Å². The Hall–Kier alpha value is -2.56. The predicted molar refractivity (Wildman–Crippen MR) is 119 cm³/mol. The minimum Gasteiger partial charge on any atom is -0.367 e. The minimum absolute atomic E-state index is 0.205. The number of hydrogen-bond acceptors (Lipinski definition) is 2. The van der Waals surface area contributed by atoms with Gasteiger partial charge in [-0.25, -0.2) is 0 Å². The molecule has 1 fully saturated rings. The lowest BCUT2D eigenvalue weighted by molar-refractivity contribution is -0.682.